The van der Waals surface area contributed by atoms with Crippen molar-refractivity contribution in [1.82, 2.24) is 14.9 Å². The lowest BCUT2D eigenvalue weighted by Gasteiger charge is -2.21. The Kier molecular flexibility index (Phi) is 4.63. The third-order valence-electron chi connectivity index (χ3n) is 3.27. The Bertz CT molecular complexity index is 566. The van der Waals surface area contributed by atoms with Gasteiger partial charge in [-0.3, -0.25) is 0 Å². The van der Waals surface area contributed by atoms with E-state index in [1.807, 2.05) is 36.0 Å². The molecule has 2 rings (SSSR count). The highest BCUT2D eigenvalue weighted by molar-refractivity contribution is 5.49. The number of nitrogens with zero attached hydrogens (tertiary/aromatic N) is 2. The molecule has 0 saturated heterocycles. The van der Waals surface area contributed by atoms with E-state index in [-0.39, 0.29) is 6.04 Å². The predicted octanol–water partition coefficient (Wildman–Crippen LogP) is 2.14. The maximum absolute atomic E-state index is 5.53. The van der Waals surface area contributed by atoms with Crippen molar-refractivity contribution >= 4 is 0 Å². The van der Waals surface area contributed by atoms with Gasteiger partial charge in [-0.25, -0.2) is 4.98 Å². The summed E-state index contributed by atoms with van der Waals surface area (Å²) < 4.78 is 12.9. The van der Waals surface area contributed by atoms with Gasteiger partial charge in [0.25, 0.3) is 0 Å². The highest BCUT2D eigenvalue weighted by Crippen LogP contribution is 2.36. The van der Waals surface area contributed by atoms with Gasteiger partial charge in [-0.1, -0.05) is 19.1 Å². The number of hydrogen-bond acceptors (Lipinski definition) is 4. The van der Waals surface area contributed by atoms with Gasteiger partial charge in [0, 0.05) is 25.0 Å². The van der Waals surface area contributed by atoms with Crippen LogP contribution in [-0.4, -0.2) is 30.3 Å². The van der Waals surface area contributed by atoms with E-state index in [1.54, 1.807) is 20.4 Å². The van der Waals surface area contributed by atoms with Gasteiger partial charge in [0.2, 0.25) is 0 Å². The summed E-state index contributed by atoms with van der Waals surface area (Å²) >= 11 is 0. The molecule has 1 atom stereocenters. The molecule has 0 radical (unpaired) electrons. The summed E-state index contributed by atoms with van der Waals surface area (Å²) in [6.45, 7) is 2.90. The summed E-state index contributed by atoms with van der Waals surface area (Å²) in [7, 11) is 5.28. The van der Waals surface area contributed by atoms with Gasteiger partial charge in [0.1, 0.15) is 5.82 Å². The zero-order valence-electron chi connectivity index (χ0n) is 12.4. The fourth-order valence-corrected chi connectivity index (χ4v) is 2.34. The molecule has 1 heterocycles. The van der Waals surface area contributed by atoms with E-state index in [0.29, 0.717) is 0 Å². The summed E-state index contributed by atoms with van der Waals surface area (Å²) in [5.41, 5.74) is 1.02. The summed E-state index contributed by atoms with van der Waals surface area (Å²) in [4.78, 5) is 4.45. The summed E-state index contributed by atoms with van der Waals surface area (Å²) in [6.07, 6.45) is 3.73. The van der Waals surface area contributed by atoms with E-state index < -0.39 is 0 Å². The van der Waals surface area contributed by atoms with Crippen LogP contribution in [0.2, 0.25) is 0 Å². The number of nitrogens with one attached hydrogen (secondary N) is 1. The third kappa shape index (κ3) is 2.63. The van der Waals surface area contributed by atoms with Crippen LogP contribution in [0.5, 0.6) is 11.5 Å². The van der Waals surface area contributed by atoms with Crippen molar-refractivity contribution in [3.05, 3.63) is 42.0 Å². The molecular formula is C15H21N3O2. The van der Waals surface area contributed by atoms with E-state index in [1.165, 1.54) is 0 Å². The molecule has 1 N–H and O–H groups in total. The Morgan fingerprint density at radius 2 is 2.10 bits per heavy atom. The van der Waals surface area contributed by atoms with E-state index in [0.717, 1.165) is 29.4 Å². The molecule has 5 heteroatoms. The number of methoxy groups -OCH3 is 2. The Morgan fingerprint density at radius 3 is 2.65 bits per heavy atom. The second-order valence-corrected chi connectivity index (χ2v) is 4.47. The number of hydrogen-bond donors (Lipinski definition) is 1. The zero-order valence-corrected chi connectivity index (χ0v) is 12.4. The molecule has 5 nitrogen and oxygen atoms in total. The topological polar surface area (TPSA) is 48.3 Å². The molecule has 0 saturated carbocycles. The van der Waals surface area contributed by atoms with Crippen molar-refractivity contribution in [1.29, 1.82) is 0 Å². The van der Waals surface area contributed by atoms with Crippen molar-refractivity contribution in [3.8, 4) is 11.5 Å². The number of ether oxygens (including phenoxy) is 2. The maximum Gasteiger partial charge on any atom is 0.165 e. The third-order valence-corrected chi connectivity index (χ3v) is 3.27. The molecule has 20 heavy (non-hydrogen) atoms. The SMILES string of the molecule is CCNC(c1cccc(OC)c1OC)c1nccn1C. The summed E-state index contributed by atoms with van der Waals surface area (Å²) in [6, 6.07) is 5.85. The normalized spacial score (nSPS) is 12.2. The second-order valence-electron chi connectivity index (χ2n) is 4.47. The highest BCUT2D eigenvalue weighted by atomic mass is 16.5. The van der Waals surface area contributed by atoms with Crippen LogP contribution in [-0.2, 0) is 7.05 Å². The molecule has 0 bridgehead atoms. The van der Waals surface area contributed by atoms with E-state index in [4.69, 9.17) is 9.47 Å². The number of aryl methyl sites for hydroxylation is 1. The van der Waals surface area contributed by atoms with Crippen LogP contribution in [0.1, 0.15) is 24.4 Å². The molecule has 0 aliphatic carbocycles. The minimum Gasteiger partial charge on any atom is -0.493 e. The standard InChI is InChI=1S/C15H21N3O2/c1-5-16-13(15-17-9-10-18(15)2)11-7-6-8-12(19-3)14(11)20-4/h6-10,13,16H,5H2,1-4H3. The van der Waals surface area contributed by atoms with Crippen molar-refractivity contribution in [2.75, 3.05) is 20.8 Å². The largest absolute Gasteiger partial charge is 0.493 e. The lowest BCUT2D eigenvalue weighted by Crippen LogP contribution is -2.25. The predicted molar refractivity (Wildman–Crippen MR) is 78.3 cm³/mol. The number of imidazole rings is 1. The second kappa shape index (κ2) is 6.43. The average molecular weight is 275 g/mol. The zero-order chi connectivity index (χ0) is 14.5. The molecule has 0 amide bonds. The Hall–Kier alpha value is -2.01. The Morgan fingerprint density at radius 1 is 1.30 bits per heavy atom. The first kappa shape index (κ1) is 14.4. The molecule has 1 aromatic heterocycles. The number of benzene rings is 1. The van der Waals surface area contributed by atoms with Gasteiger partial charge < -0.3 is 19.4 Å². The van der Waals surface area contributed by atoms with Gasteiger partial charge in [0.15, 0.2) is 11.5 Å². The fraction of sp³-hybridized carbons (Fsp3) is 0.400. The molecule has 0 aliphatic heterocycles. The van der Waals surface area contributed by atoms with Crippen LogP contribution >= 0.6 is 0 Å². The summed E-state index contributed by atoms with van der Waals surface area (Å²) in [5, 5.41) is 3.45. The molecule has 0 fully saturated rings. The molecule has 108 valence electrons. The molecule has 2 aromatic rings. The Balaban J connectivity index is 2.52. The average Bonchev–Trinajstić information content (AvgIpc) is 2.89. The first-order valence-electron chi connectivity index (χ1n) is 6.64. The monoisotopic (exact) mass is 275 g/mol. The van der Waals surface area contributed by atoms with Crippen LogP contribution in [0, 0.1) is 0 Å². The van der Waals surface area contributed by atoms with Crippen molar-refractivity contribution < 1.29 is 9.47 Å². The van der Waals surface area contributed by atoms with Crippen molar-refractivity contribution in [2.24, 2.45) is 7.05 Å². The fourth-order valence-electron chi connectivity index (χ4n) is 2.34. The molecule has 1 aromatic carbocycles. The first-order valence-corrected chi connectivity index (χ1v) is 6.64. The number of rotatable bonds is 6. The van der Waals surface area contributed by atoms with Gasteiger partial charge in [0.05, 0.1) is 20.3 Å². The number of para-hydroxylation sites is 1. The maximum atomic E-state index is 5.53. The lowest BCUT2D eigenvalue weighted by atomic mass is 10.0. The van der Waals surface area contributed by atoms with Crippen molar-refractivity contribution in [3.63, 3.8) is 0 Å². The van der Waals surface area contributed by atoms with E-state index in [2.05, 4.69) is 17.2 Å². The summed E-state index contributed by atoms with van der Waals surface area (Å²) in [5.74, 6) is 2.41. The van der Waals surface area contributed by atoms with Gasteiger partial charge >= 0.3 is 0 Å². The van der Waals surface area contributed by atoms with E-state index >= 15 is 0 Å². The molecular weight excluding hydrogens is 254 g/mol. The molecule has 0 aliphatic rings. The molecule has 1 unspecified atom stereocenters. The van der Waals surface area contributed by atoms with Gasteiger partial charge in [-0.15, -0.1) is 0 Å². The lowest BCUT2D eigenvalue weighted by molar-refractivity contribution is 0.348. The smallest absolute Gasteiger partial charge is 0.165 e. The minimum absolute atomic E-state index is 0.0370. The van der Waals surface area contributed by atoms with Crippen molar-refractivity contribution in [2.45, 2.75) is 13.0 Å². The van der Waals surface area contributed by atoms with Gasteiger partial charge in [-0.05, 0) is 12.6 Å². The highest BCUT2D eigenvalue weighted by Gasteiger charge is 2.22. The Labute approximate surface area is 119 Å². The van der Waals surface area contributed by atoms with Crippen LogP contribution in [0.4, 0.5) is 0 Å². The van der Waals surface area contributed by atoms with Gasteiger partial charge in [-0.2, -0.15) is 0 Å². The minimum atomic E-state index is -0.0370. The van der Waals surface area contributed by atoms with Crippen LogP contribution in [0.3, 0.4) is 0 Å². The van der Waals surface area contributed by atoms with Crippen LogP contribution < -0.4 is 14.8 Å². The van der Waals surface area contributed by atoms with Crippen LogP contribution in [0.25, 0.3) is 0 Å². The quantitative estimate of drug-likeness (QED) is 0.877. The molecule has 0 spiro atoms. The van der Waals surface area contributed by atoms with Crippen LogP contribution in [0.15, 0.2) is 30.6 Å². The first-order chi connectivity index (χ1) is 9.72. The van der Waals surface area contributed by atoms with E-state index in [9.17, 15) is 0 Å². The number of aromatic nitrogens is 2.